The smallest absolute Gasteiger partial charge is 0.272 e. The van der Waals surface area contributed by atoms with Gasteiger partial charge in [-0.15, -0.1) is 0 Å². The molecule has 1 fully saturated rings. The van der Waals surface area contributed by atoms with Crippen LogP contribution in [0.3, 0.4) is 0 Å². The number of para-hydroxylation sites is 1. The number of anilines is 2. The molecule has 120 valence electrons. The average Bonchev–Trinajstić information content (AvgIpc) is 3.09. The molecular formula is C19H23N3O. The third-order valence-corrected chi connectivity index (χ3v) is 4.23. The Balaban J connectivity index is 1.82. The number of benzene rings is 1. The maximum absolute atomic E-state index is 12.5. The maximum atomic E-state index is 12.5. The number of pyridine rings is 1. The lowest BCUT2D eigenvalue weighted by atomic mass is 10.0. The van der Waals surface area contributed by atoms with Gasteiger partial charge in [0, 0.05) is 30.7 Å². The molecule has 0 saturated carbocycles. The van der Waals surface area contributed by atoms with Crippen LogP contribution < -0.4 is 5.32 Å². The van der Waals surface area contributed by atoms with Gasteiger partial charge in [0.25, 0.3) is 5.91 Å². The maximum Gasteiger partial charge on any atom is 0.272 e. The second-order valence-corrected chi connectivity index (χ2v) is 6.30. The molecule has 0 aliphatic carbocycles. The standard InChI is InChI=1S/C19H23N3O/c1-14(2)16-7-3-4-8-17(16)21-15-9-10-20-18(13-15)19(23)22-11-5-6-12-22/h3-4,7-10,13-14H,5-6,11-12H2,1-2H3,(H,20,21). The van der Waals surface area contributed by atoms with Crippen molar-refractivity contribution in [3.05, 3.63) is 53.9 Å². The Morgan fingerprint density at radius 2 is 1.91 bits per heavy atom. The van der Waals surface area contributed by atoms with Crippen molar-refractivity contribution in [1.29, 1.82) is 0 Å². The number of aromatic nitrogens is 1. The number of amides is 1. The normalized spacial score (nSPS) is 14.3. The van der Waals surface area contributed by atoms with Crippen LogP contribution in [0.25, 0.3) is 0 Å². The van der Waals surface area contributed by atoms with Gasteiger partial charge in [-0.05, 0) is 42.5 Å². The zero-order valence-corrected chi connectivity index (χ0v) is 13.7. The molecule has 4 heteroatoms. The number of rotatable bonds is 4. The summed E-state index contributed by atoms with van der Waals surface area (Å²) in [6.07, 6.45) is 3.88. The highest BCUT2D eigenvalue weighted by atomic mass is 16.2. The second kappa shape index (κ2) is 6.82. The third kappa shape index (κ3) is 3.52. The van der Waals surface area contributed by atoms with Crippen LogP contribution in [0.4, 0.5) is 11.4 Å². The van der Waals surface area contributed by atoms with E-state index >= 15 is 0 Å². The van der Waals surface area contributed by atoms with Crippen molar-refractivity contribution in [2.75, 3.05) is 18.4 Å². The van der Waals surface area contributed by atoms with E-state index in [1.807, 2.05) is 23.1 Å². The Hall–Kier alpha value is -2.36. The molecule has 1 aliphatic heterocycles. The largest absolute Gasteiger partial charge is 0.355 e. The second-order valence-electron chi connectivity index (χ2n) is 6.30. The van der Waals surface area contributed by atoms with Crippen LogP contribution in [0.5, 0.6) is 0 Å². The number of likely N-dealkylation sites (tertiary alicyclic amines) is 1. The Labute approximate surface area is 137 Å². The van der Waals surface area contributed by atoms with Crippen LogP contribution in [0.2, 0.25) is 0 Å². The molecule has 0 atom stereocenters. The highest BCUT2D eigenvalue weighted by molar-refractivity contribution is 5.93. The summed E-state index contributed by atoms with van der Waals surface area (Å²) in [6, 6.07) is 12.0. The van der Waals surface area contributed by atoms with Crippen LogP contribution in [0.1, 0.15) is 48.7 Å². The molecule has 1 aliphatic rings. The average molecular weight is 309 g/mol. The number of carbonyl (C=O) groups excluding carboxylic acids is 1. The van der Waals surface area contributed by atoms with E-state index in [0.717, 1.165) is 37.3 Å². The minimum Gasteiger partial charge on any atom is -0.355 e. The highest BCUT2D eigenvalue weighted by Crippen LogP contribution is 2.27. The molecule has 1 aromatic heterocycles. The molecule has 3 rings (SSSR count). The highest BCUT2D eigenvalue weighted by Gasteiger charge is 2.20. The van der Waals surface area contributed by atoms with Gasteiger partial charge in [0.1, 0.15) is 5.69 Å². The summed E-state index contributed by atoms with van der Waals surface area (Å²) in [5, 5.41) is 3.43. The van der Waals surface area contributed by atoms with Gasteiger partial charge in [-0.1, -0.05) is 32.0 Å². The monoisotopic (exact) mass is 309 g/mol. The van der Waals surface area contributed by atoms with E-state index in [1.165, 1.54) is 5.56 Å². The summed E-state index contributed by atoms with van der Waals surface area (Å²) in [6.45, 7) is 6.04. The van der Waals surface area contributed by atoms with Crippen LogP contribution in [-0.2, 0) is 0 Å². The van der Waals surface area contributed by atoms with Crippen molar-refractivity contribution in [2.45, 2.75) is 32.6 Å². The predicted molar refractivity (Wildman–Crippen MR) is 93.2 cm³/mol. The van der Waals surface area contributed by atoms with Gasteiger partial charge < -0.3 is 10.2 Å². The van der Waals surface area contributed by atoms with Crippen molar-refractivity contribution < 1.29 is 4.79 Å². The Bertz CT molecular complexity index is 691. The molecule has 2 aromatic rings. The van der Waals surface area contributed by atoms with Crippen molar-refractivity contribution >= 4 is 17.3 Å². The molecule has 0 bridgehead atoms. The van der Waals surface area contributed by atoms with Crippen LogP contribution in [0.15, 0.2) is 42.6 Å². The minimum absolute atomic E-state index is 0.0308. The first-order chi connectivity index (χ1) is 11.1. The number of nitrogens with one attached hydrogen (secondary N) is 1. The molecular weight excluding hydrogens is 286 g/mol. The van der Waals surface area contributed by atoms with Crippen LogP contribution >= 0.6 is 0 Å². The van der Waals surface area contributed by atoms with Crippen molar-refractivity contribution in [3.63, 3.8) is 0 Å². The summed E-state index contributed by atoms with van der Waals surface area (Å²) in [7, 11) is 0. The molecule has 1 aromatic carbocycles. The topological polar surface area (TPSA) is 45.2 Å². The minimum atomic E-state index is 0.0308. The SMILES string of the molecule is CC(C)c1ccccc1Nc1ccnc(C(=O)N2CCCC2)c1. The van der Waals surface area contributed by atoms with E-state index in [1.54, 1.807) is 6.20 Å². The van der Waals surface area contributed by atoms with E-state index in [0.29, 0.717) is 11.6 Å². The Kier molecular flexibility index (Phi) is 4.60. The zero-order chi connectivity index (χ0) is 16.2. The lowest BCUT2D eigenvalue weighted by molar-refractivity contribution is 0.0787. The quantitative estimate of drug-likeness (QED) is 0.921. The van der Waals surface area contributed by atoms with E-state index in [-0.39, 0.29) is 5.91 Å². The molecule has 1 amide bonds. The fourth-order valence-corrected chi connectivity index (χ4v) is 2.98. The molecule has 0 spiro atoms. The zero-order valence-electron chi connectivity index (χ0n) is 13.7. The Morgan fingerprint density at radius 1 is 1.17 bits per heavy atom. The fourth-order valence-electron chi connectivity index (χ4n) is 2.98. The van der Waals surface area contributed by atoms with Gasteiger partial charge in [0.2, 0.25) is 0 Å². The van der Waals surface area contributed by atoms with Gasteiger partial charge in [-0.2, -0.15) is 0 Å². The molecule has 1 N–H and O–H groups in total. The van der Waals surface area contributed by atoms with E-state index in [9.17, 15) is 4.79 Å². The molecule has 2 heterocycles. The van der Waals surface area contributed by atoms with Gasteiger partial charge >= 0.3 is 0 Å². The summed E-state index contributed by atoms with van der Waals surface area (Å²) < 4.78 is 0. The number of hydrogen-bond acceptors (Lipinski definition) is 3. The lowest BCUT2D eigenvalue weighted by Gasteiger charge is -2.17. The molecule has 0 radical (unpaired) electrons. The van der Waals surface area contributed by atoms with Crippen molar-refractivity contribution in [1.82, 2.24) is 9.88 Å². The summed E-state index contributed by atoms with van der Waals surface area (Å²) in [5.74, 6) is 0.467. The first-order valence-corrected chi connectivity index (χ1v) is 8.26. The van der Waals surface area contributed by atoms with Gasteiger partial charge in [-0.3, -0.25) is 9.78 Å². The summed E-state index contributed by atoms with van der Waals surface area (Å²) in [5.41, 5.74) is 3.75. The third-order valence-electron chi connectivity index (χ3n) is 4.23. The van der Waals surface area contributed by atoms with Crippen molar-refractivity contribution in [2.24, 2.45) is 0 Å². The van der Waals surface area contributed by atoms with Crippen LogP contribution in [0, 0.1) is 0 Å². The molecule has 4 nitrogen and oxygen atoms in total. The Morgan fingerprint density at radius 3 is 2.65 bits per heavy atom. The van der Waals surface area contributed by atoms with E-state index in [2.05, 4.69) is 42.3 Å². The molecule has 1 saturated heterocycles. The van der Waals surface area contributed by atoms with Crippen molar-refractivity contribution in [3.8, 4) is 0 Å². The number of nitrogens with zero attached hydrogens (tertiary/aromatic N) is 2. The molecule has 23 heavy (non-hydrogen) atoms. The van der Waals surface area contributed by atoms with Gasteiger partial charge in [0.05, 0.1) is 0 Å². The van der Waals surface area contributed by atoms with Crippen LogP contribution in [-0.4, -0.2) is 28.9 Å². The van der Waals surface area contributed by atoms with Gasteiger partial charge in [-0.25, -0.2) is 0 Å². The van der Waals surface area contributed by atoms with E-state index < -0.39 is 0 Å². The predicted octanol–water partition coefficient (Wildman–Crippen LogP) is 4.18. The lowest BCUT2D eigenvalue weighted by Crippen LogP contribution is -2.28. The molecule has 0 unspecified atom stereocenters. The fraction of sp³-hybridized carbons (Fsp3) is 0.368. The summed E-state index contributed by atoms with van der Waals surface area (Å²) >= 11 is 0. The number of carbonyl (C=O) groups is 1. The first-order valence-electron chi connectivity index (χ1n) is 8.26. The first kappa shape index (κ1) is 15.5. The van der Waals surface area contributed by atoms with Gasteiger partial charge in [0.15, 0.2) is 0 Å². The van der Waals surface area contributed by atoms with E-state index in [4.69, 9.17) is 0 Å². The summed E-state index contributed by atoms with van der Waals surface area (Å²) in [4.78, 5) is 18.6. The number of hydrogen-bond donors (Lipinski definition) is 1.